The van der Waals surface area contributed by atoms with Gasteiger partial charge in [-0.15, -0.1) is 27.1 Å². The highest BCUT2D eigenvalue weighted by atomic mass is 32.2. The zero-order chi connectivity index (χ0) is 28.2. The number of rotatable bonds is 14. The van der Waals surface area contributed by atoms with Gasteiger partial charge in [-0.3, -0.25) is 9.59 Å². The summed E-state index contributed by atoms with van der Waals surface area (Å²) < 4.78 is 17.2. The molecule has 0 bridgehead atoms. The Morgan fingerprint density at radius 3 is 2.38 bits per heavy atom. The molecule has 2 aromatic carbocycles. The fourth-order valence-corrected chi connectivity index (χ4v) is 5.14. The SMILES string of the molecule is CSc1cccc(CC(=O)Nc2nnc(CCCCc3ccc(NC(=O)Cc4cccc(OCF)c4)nn3)s2)c1. The Hall–Kier alpha value is -3.90. The minimum atomic E-state index is -0.921. The predicted molar refractivity (Wildman–Crippen MR) is 155 cm³/mol. The Morgan fingerprint density at radius 1 is 0.875 bits per heavy atom. The molecular weight excluding hydrogens is 551 g/mol. The molecule has 0 aliphatic rings. The Balaban J connectivity index is 1.15. The first-order chi connectivity index (χ1) is 19.5. The van der Waals surface area contributed by atoms with Gasteiger partial charge in [0.05, 0.1) is 18.5 Å². The van der Waals surface area contributed by atoms with Crippen molar-refractivity contribution >= 4 is 45.9 Å². The lowest BCUT2D eigenvalue weighted by Gasteiger charge is -2.06. The predicted octanol–water partition coefficient (Wildman–Crippen LogP) is 5.28. The third-order valence-electron chi connectivity index (χ3n) is 5.76. The van der Waals surface area contributed by atoms with Gasteiger partial charge in [-0.2, -0.15) is 5.10 Å². The van der Waals surface area contributed by atoms with Crippen LogP contribution in [-0.4, -0.2) is 45.3 Å². The number of unbranched alkanes of at least 4 members (excludes halogenated alkanes) is 1. The number of carbonyl (C=O) groups excluding carboxylic acids is 2. The van der Waals surface area contributed by atoms with Crippen LogP contribution in [0.25, 0.3) is 0 Å². The van der Waals surface area contributed by atoms with Gasteiger partial charge < -0.3 is 15.4 Å². The van der Waals surface area contributed by atoms with Gasteiger partial charge in [0.25, 0.3) is 0 Å². The van der Waals surface area contributed by atoms with E-state index >= 15 is 0 Å². The van der Waals surface area contributed by atoms with E-state index in [1.807, 2.05) is 36.6 Å². The van der Waals surface area contributed by atoms with Crippen LogP contribution in [0.3, 0.4) is 0 Å². The maximum Gasteiger partial charge on any atom is 0.230 e. The second-order valence-electron chi connectivity index (χ2n) is 8.82. The van der Waals surface area contributed by atoms with Crippen molar-refractivity contribution in [3.05, 3.63) is 82.5 Å². The van der Waals surface area contributed by atoms with E-state index in [4.69, 9.17) is 4.74 Å². The van der Waals surface area contributed by atoms with Crippen molar-refractivity contribution < 1.29 is 18.7 Å². The van der Waals surface area contributed by atoms with Crippen molar-refractivity contribution in [3.8, 4) is 5.75 Å². The average Bonchev–Trinajstić information content (AvgIpc) is 3.39. The van der Waals surface area contributed by atoms with Crippen LogP contribution in [0.5, 0.6) is 5.75 Å². The van der Waals surface area contributed by atoms with Gasteiger partial charge in [-0.1, -0.05) is 35.6 Å². The van der Waals surface area contributed by atoms with Gasteiger partial charge in [0.1, 0.15) is 10.8 Å². The molecule has 0 radical (unpaired) electrons. The van der Waals surface area contributed by atoms with Crippen LogP contribution in [0.4, 0.5) is 15.3 Å². The summed E-state index contributed by atoms with van der Waals surface area (Å²) in [7, 11) is 0. The molecule has 9 nitrogen and oxygen atoms in total. The first-order valence-corrected chi connectivity index (χ1v) is 14.7. The monoisotopic (exact) mass is 580 g/mol. The molecular formula is C28H29FN6O3S2. The van der Waals surface area contributed by atoms with Crippen molar-refractivity contribution in [2.75, 3.05) is 23.7 Å². The van der Waals surface area contributed by atoms with Gasteiger partial charge in [0.2, 0.25) is 23.8 Å². The minimum Gasteiger partial charge on any atom is -0.463 e. The maximum atomic E-state index is 12.4. The van der Waals surface area contributed by atoms with E-state index in [0.717, 1.165) is 46.8 Å². The number of amides is 2. The number of hydrogen-bond acceptors (Lipinski definition) is 9. The summed E-state index contributed by atoms with van der Waals surface area (Å²) in [5, 5.41) is 23.5. The van der Waals surface area contributed by atoms with E-state index < -0.39 is 6.86 Å². The van der Waals surface area contributed by atoms with Crippen molar-refractivity contribution in [2.45, 2.75) is 43.4 Å². The standard InChI is InChI=1S/C28H29FN6O3S2/c1-39-23-10-5-7-20(15-23)17-26(37)31-28-35-34-27(40-28)11-3-2-8-21-12-13-24(33-32-21)30-25(36)16-19-6-4-9-22(14-19)38-18-29/h4-7,9-10,12-15H,2-3,8,11,16-18H2,1H3,(H,30,33,36)(H,31,35,37). The number of hydrogen-bond donors (Lipinski definition) is 2. The minimum absolute atomic E-state index is 0.107. The van der Waals surface area contributed by atoms with Crippen LogP contribution in [0.2, 0.25) is 0 Å². The molecule has 208 valence electrons. The van der Waals surface area contributed by atoms with Crippen LogP contribution >= 0.6 is 23.1 Å². The molecule has 0 aliphatic heterocycles. The molecule has 0 spiro atoms. The summed E-state index contributed by atoms with van der Waals surface area (Å²) in [6, 6.07) is 18.2. The molecule has 0 unspecified atom stereocenters. The van der Waals surface area contributed by atoms with Crippen LogP contribution in [0.15, 0.2) is 65.6 Å². The number of benzene rings is 2. The largest absolute Gasteiger partial charge is 0.463 e. The number of ether oxygens (including phenoxy) is 1. The van der Waals surface area contributed by atoms with Gasteiger partial charge >= 0.3 is 0 Å². The summed E-state index contributed by atoms with van der Waals surface area (Å²) in [5.74, 6) is 0.373. The lowest BCUT2D eigenvalue weighted by atomic mass is 10.1. The van der Waals surface area contributed by atoms with E-state index in [9.17, 15) is 14.0 Å². The van der Waals surface area contributed by atoms with Gasteiger partial charge in [0.15, 0.2) is 5.82 Å². The second-order valence-corrected chi connectivity index (χ2v) is 10.8. The lowest BCUT2D eigenvalue weighted by molar-refractivity contribution is -0.116. The Bertz CT molecular complexity index is 1420. The molecule has 0 aliphatic carbocycles. The number of halogens is 1. The van der Waals surface area contributed by atoms with Gasteiger partial charge in [-0.25, -0.2) is 4.39 Å². The first kappa shape index (κ1) is 29.1. The number of thioether (sulfide) groups is 1. The number of alkyl halides is 1. The number of nitrogens with one attached hydrogen (secondary N) is 2. The topological polar surface area (TPSA) is 119 Å². The van der Waals surface area contributed by atoms with Gasteiger partial charge in [0, 0.05) is 11.3 Å². The summed E-state index contributed by atoms with van der Waals surface area (Å²) in [5.41, 5.74) is 2.49. The van der Waals surface area contributed by atoms with Crippen molar-refractivity contribution in [1.82, 2.24) is 20.4 Å². The highest BCUT2D eigenvalue weighted by molar-refractivity contribution is 7.98. The average molecular weight is 581 g/mol. The number of aryl methyl sites for hydroxylation is 2. The molecule has 0 fully saturated rings. The lowest BCUT2D eigenvalue weighted by Crippen LogP contribution is -2.16. The Morgan fingerprint density at radius 2 is 1.62 bits per heavy atom. The quantitative estimate of drug-likeness (QED) is 0.153. The zero-order valence-corrected chi connectivity index (χ0v) is 23.6. The van der Waals surface area contributed by atoms with Crippen LogP contribution in [0, 0.1) is 0 Å². The second kappa shape index (κ2) is 15.0. The molecule has 4 aromatic rings. The van der Waals surface area contributed by atoms with Crippen molar-refractivity contribution in [3.63, 3.8) is 0 Å². The van der Waals surface area contributed by atoms with Gasteiger partial charge in [-0.05, 0) is 73.0 Å². The summed E-state index contributed by atoms with van der Waals surface area (Å²) >= 11 is 3.03. The zero-order valence-electron chi connectivity index (χ0n) is 21.9. The molecule has 0 atom stereocenters. The highest BCUT2D eigenvalue weighted by Gasteiger charge is 2.10. The number of anilines is 2. The molecule has 40 heavy (non-hydrogen) atoms. The van der Waals surface area contributed by atoms with E-state index in [-0.39, 0.29) is 24.7 Å². The molecule has 12 heteroatoms. The highest BCUT2D eigenvalue weighted by Crippen LogP contribution is 2.20. The maximum absolute atomic E-state index is 12.4. The molecule has 0 saturated carbocycles. The summed E-state index contributed by atoms with van der Waals surface area (Å²) in [6.07, 6.45) is 5.66. The fraction of sp³-hybridized carbons (Fsp3) is 0.286. The van der Waals surface area contributed by atoms with Crippen LogP contribution < -0.4 is 15.4 Å². The molecule has 2 heterocycles. The molecule has 4 rings (SSSR count). The van der Waals surface area contributed by atoms with Crippen LogP contribution in [0.1, 0.15) is 34.7 Å². The van der Waals surface area contributed by atoms with E-state index in [2.05, 4.69) is 31.0 Å². The third-order valence-corrected chi connectivity index (χ3v) is 7.38. The Labute approximate surface area is 240 Å². The van der Waals surface area contributed by atoms with Crippen molar-refractivity contribution in [2.24, 2.45) is 0 Å². The smallest absolute Gasteiger partial charge is 0.230 e. The summed E-state index contributed by atoms with van der Waals surface area (Å²) in [4.78, 5) is 25.8. The van der Waals surface area contributed by atoms with Crippen LogP contribution in [-0.2, 0) is 35.3 Å². The molecule has 0 saturated heterocycles. The Kier molecular flexibility index (Phi) is 10.9. The molecule has 2 aromatic heterocycles. The number of aromatic nitrogens is 4. The third kappa shape index (κ3) is 9.38. The van der Waals surface area contributed by atoms with Crippen molar-refractivity contribution in [1.29, 1.82) is 0 Å². The van der Waals surface area contributed by atoms with E-state index in [1.165, 1.54) is 11.3 Å². The fourth-order valence-electron chi connectivity index (χ4n) is 3.86. The normalized spacial score (nSPS) is 10.8. The molecule has 2 N–H and O–H groups in total. The van der Waals surface area contributed by atoms with E-state index in [1.54, 1.807) is 42.1 Å². The first-order valence-electron chi connectivity index (χ1n) is 12.7. The molecule has 2 amide bonds. The van der Waals surface area contributed by atoms with E-state index in [0.29, 0.717) is 22.3 Å². The summed E-state index contributed by atoms with van der Waals surface area (Å²) in [6.45, 7) is -0.921. The number of nitrogens with zero attached hydrogens (tertiary/aromatic N) is 4. The number of carbonyl (C=O) groups is 2.